The minimum atomic E-state index is 0.358. The highest BCUT2D eigenvalue weighted by Crippen LogP contribution is 2.34. The van der Waals surface area contributed by atoms with E-state index in [0.717, 1.165) is 24.3 Å². The highest BCUT2D eigenvalue weighted by Gasteiger charge is 2.27. The van der Waals surface area contributed by atoms with Gasteiger partial charge >= 0.3 is 0 Å². The molecule has 4 rings (SSSR count). The molecule has 0 radical (unpaired) electrons. The molecule has 20 heavy (non-hydrogen) atoms. The Labute approximate surface area is 118 Å². The van der Waals surface area contributed by atoms with E-state index in [0.29, 0.717) is 18.0 Å². The standard InChI is InChI=1S/C15H21N5/c16-11-7-12(8-11)18-15-9-13(10-3-1-2-4-10)19-14-5-6-17-20(14)15/h5-6,9-12,18H,1-4,7-8,16H2/t11-,12-. The number of fused-ring (bicyclic) bond motifs is 1. The third-order valence-electron chi connectivity index (χ3n) is 4.68. The highest BCUT2D eigenvalue weighted by molar-refractivity contribution is 5.50. The van der Waals surface area contributed by atoms with Gasteiger partial charge in [0.1, 0.15) is 5.82 Å². The Kier molecular flexibility index (Phi) is 2.88. The Bertz CT molecular complexity index is 608. The number of nitrogens with one attached hydrogen (secondary N) is 1. The summed E-state index contributed by atoms with van der Waals surface area (Å²) in [4.78, 5) is 4.78. The zero-order chi connectivity index (χ0) is 13.5. The number of aromatic nitrogens is 3. The lowest BCUT2D eigenvalue weighted by molar-refractivity contribution is 0.372. The number of rotatable bonds is 3. The molecular weight excluding hydrogens is 250 g/mol. The molecule has 0 aliphatic heterocycles. The van der Waals surface area contributed by atoms with Crippen molar-refractivity contribution in [3.63, 3.8) is 0 Å². The van der Waals surface area contributed by atoms with Gasteiger partial charge in [0.25, 0.3) is 0 Å². The van der Waals surface area contributed by atoms with E-state index in [1.165, 1.54) is 31.4 Å². The SMILES string of the molecule is N[C@H]1C[C@H](Nc2cc(C3CCCC3)nc3ccnn23)C1. The molecule has 3 N–H and O–H groups in total. The zero-order valence-electron chi connectivity index (χ0n) is 11.6. The summed E-state index contributed by atoms with van der Waals surface area (Å²) in [6, 6.07) is 5.02. The largest absolute Gasteiger partial charge is 0.367 e. The van der Waals surface area contributed by atoms with Gasteiger partial charge < -0.3 is 11.1 Å². The smallest absolute Gasteiger partial charge is 0.157 e. The summed E-state index contributed by atoms with van der Waals surface area (Å²) in [5.41, 5.74) is 8.04. The molecule has 2 heterocycles. The maximum atomic E-state index is 5.87. The number of nitrogens with two attached hydrogens (primary N) is 1. The lowest BCUT2D eigenvalue weighted by atomic mass is 9.87. The van der Waals surface area contributed by atoms with E-state index >= 15 is 0 Å². The number of nitrogens with zero attached hydrogens (tertiary/aromatic N) is 3. The molecule has 0 aromatic carbocycles. The first kappa shape index (κ1) is 12.1. The van der Waals surface area contributed by atoms with Crippen molar-refractivity contribution < 1.29 is 0 Å². The number of hydrogen-bond acceptors (Lipinski definition) is 4. The molecule has 0 bridgehead atoms. The second-order valence-electron chi connectivity index (χ2n) is 6.22. The van der Waals surface area contributed by atoms with Crippen molar-refractivity contribution in [2.75, 3.05) is 5.32 Å². The number of anilines is 1. The van der Waals surface area contributed by atoms with Crippen LogP contribution in [0.5, 0.6) is 0 Å². The maximum absolute atomic E-state index is 5.87. The topological polar surface area (TPSA) is 68.2 Å². The average molecular weight is 271 g/mol. The van der Waals surface area contributed by atoms with Crippen molar-refractivity contribution in [2.24, 2.45) is 5.73 Å². The third-order valence-corrected chi connectivity index (χ3v) is 4.68. The molecule has 5 nitrogen and oxygen atoms in total. The Morgan fingerprint density at radius 3 is 2.80 bits per heavy atom. The van der Waals surface area contributed by atoms with Gasteiger partial charge in [0, 0.05) is 35.8 Å². The summed E-state index contributed by atoms with van der Waals surface area (Å²) in [6.45, 7) is 0. The van der Waals surface area contributed by atoms with Crippen LogP contribution in [0, 0.1) is 0 Å². The van der Waals surface area contributed by atoms with Crippen LogP contribution in [0.4, 0.5) is 5.82 Å². The van der Waals surface area contributed by atoms with Crippen molar-refractivity contribution in [1.82, 2.24) is 14.6 Å². The molecule has 2 saturated carbocycles. The first-order valence-electron chi connectivity index (χ1n) is 7.66. The van der Waals surface area contributed by atoms with Crippen LogP contribution in [0.1, 0.15) is 50.1 Å². The summed E-state index contributed by atoms with van der Waals surface area (Å²) in [5, 5.41) is 7.96. The van der Waals surface area contributed by atoms with Gasteiger partial charge in [-0.05, 0) is 25.7 Å². The van der Waals surface area contributed by atoms with Gasteiger partial charge in [-0.15, -0.1) is 0 Å². The van der Waals surface area contributed by atoms with Crippen molar-refractivity contribution in [3.05, 3.63) is 24.0 Å². The van der Waals surface area contributed by atoms with Gasteiger partial charge in [0.2, 0.25) is 0 Å². The van der Waals surface area contributed by atoms with Crippen molar-refractivity contribution in [3.8, 4) is 0 Å². The normalized spacial score (nSPS) is 26.9. The molecule has 2 aromatic rings. The fourth-order valence-corrected chi connectivity index (χ4v) is 3.45. The van der Waals surface area contributed by atoms with Gasteiger partial charge in [0.15, 0.2) is 5.65 Å². The fourth-order valence-electron chi connectivity index (χ4n) is 3.45. The van der Waals surface area contributed by atoms with E-state index in [-0.39, 0.29) is 0 Å². The predicted molar refractivity (Wildman–Crippen MR) is 78.8 cm³/mol. The highest BCUT2D eigenvalue weighted by atomic mass is 15.3. The first-order chi connectivity index (χ1) is 9.79. The van der Waals surface area contributed by atoms with Crippen LogP contribution in [-0.2, 0) is 0 Å². The van der Waals surface area contributed by atoms with Crippen LogP contribution < -0.4 is 11.1 Å². The van der Waals surface area contributed by atoms with Crippen LogP contribution in [0.25, 0.3) is 5.65 Å². The average Bonchev–Trinajstić information content (AvgIpc) is 3.07. The van der Waals surface area contributed by atoms with E-state index in [1.54, 1.807) is 0 Å². The molecule has 5 heteroatoms. The summed E-state index contributed by atoms with van der Waals surface area (Å²) in [7, 11) is 0. The van der Waals surface area contributed by atoms with Crippen molar-refractivity contribution in [2.45, 2.75) is 56.5 Å². The van der Waals surface area contributed by atoms with E-state index in [4.69, 9.17) is 10.7 Å². The van der Waals surface area contributed by atoms with E-state index in [9.17, 15) is 0 Å². The lowest BCUT2D eigenvalue weighted by Crippen LogP contribution is -2.44. The van der Waals surface area contributed by atoms with Gasteiger partial charge in [-0.1, -0.05) is 12.8 Å². The molecule has 2 fully saturated rings. The quantitative estimate of drug-likeness (QED) is 0.898. The Hall–Kier alpha value is -1.62. The molecule has 2 aliphatic carbocycles. The number of hydrogen-bond donors (Lipinski definition) is 2. The van der Waals surface area contributed by atoms with Crippen molar-refractivity contribution >= 4 is 11.5 Å². The van der Waals surface area contributed by atoms with Gasteiger partial charge in [-0.25, -0.2) is 4.98 Å². The van der Waals surface area contributed by atoms with Crippen molar-refractivity contribution in [1.29, 1.82) is 0 Å². The summed E-state index contributed by atoms with van der Waals surface area (Å²) < 4.78 is 1.91. The second-order valence-corrected chi connectivity index (χ2v) is 6.22. The van der Waals surface area contributed by atoms with Crippen LogP contribution in [0.3, 0.4) is 0 Å². The zero-order valence-corrected chi connectivity index (χ0v) is 11.6. The molecule has 106 valence electrons. The maximum Gasteiger partial charge on any atom is 0.157 e. The van der Waals surface area contributed by atoms with Gasteiger partial charge in [-0.2, -0.15) is 9.61 Å². The van der Waals surface area contributed by atoms with Crippen LogP contribution in [-0.4, -0.2) is 26.7 Å². The van der Waals surface area contributed by atoms with E-state index in [1.807, 2.05) is 16.8 Å². The van der Waals surface area contributed by atoms with E-state index in [2.05, 4.69) is 16.5 Å². The minimum absolute atomic E-state index is 0.358. The van der Waals surface area contributed by atoms with E-state index < -0.39 is 0 Å². The molecular formula is C15H21N5. The molecule has 0 amide bonds. The minimum Gasteiger partial charge on any atom is -0.367 e. The molecule has 0 saturated heterocycles. The Balaban J connectivity index is 1.67. The van der Waals surface area contributed by atoms with Crippen LogP contribution >= 0.6 is 0 Å². The van der Waals surface area contributed by atoms with Gasteiger partial charge in [0.05, 0.1) is 6.20 Å². The molecule has 0 spiro atoms. The summed E-state index contributed by atoms with van der Waals surface area (Å²) in [5.74, 6) is 1.69. The first-order valence-corrected chi connectivity index (χ1v) is 7.66. The fraction of sp³-hybridized carbons (Fsp3) is 0.600. The Morgan fingerprint density at radius 1 is 1.25 bits per heavy atom. The predicted octanol–water partition coefficient (Wildman–Crippen LogP) is 2.29. The van der Waals surface area contributed by atoms with Crippen LogP contribution in [0.2, 0.25) is 0 Å². The molecule has 0 atom stereocenters. The Morgan fingerprint density at radius 2 is 2.05 bits per heavy atom. The molecule has 2 aromatic heterocycles. The summed E-state index contributed by atoms with van der Waals surface area (Å²) >= 11 is 0. The molecule has 2 aliphatic rings. The van der Waals surface area contributed by atoms with Gasteiger partial charge in [-0.3, -0.25) is 0 Å². The second kappa shape index (κ2) is 4.74. The molecule has 0 unspecified atom stereocenters. The third kappa shape index (κ3) is 2.06. The van der Waals surface area contributed by atoms with Crippen LogP contribution in [0.15, 0.2) is 18.3 Å². The summed E-state index contributed by atoms with van der Waals surface area (Å²) in [6.07, 6.45) is 9.11. The monoisotopic (exact) mass is 271 g/mol. The lowest BCUT2D eigenvalue weighted by Gasteiger charge is -2.33.